The van der Waals surface area contributed by atoms with E-state index in [1.807, 2.05) is 0 Å². The van der Waals surface area contributed by atoms with Crippen molar-refractivity contribution >= 4 is 30.7 Å². The van der Waals surface area contributed by atoms with E-state index in [0.717, 1.165) is 44.8 Å². The second-order valence-electron chi connectivity index (χ2n) is 7.11. The molecule has 1 atom stereocenters. The summed E-state index contributed by atoms with van der Waals surface area (Å²) in [5.41, 5.74) is 2.17. The highest BCUT2D eigenvalue weighted by Gasteiger charge is 2.22. The highest BCUT2D eigenvalue weighted by Crippen LogP contribution is 2.15. The maximum atomic E-state index is 12.1. The number of halogens is 2. The number of carbonyl (C=O) groups is 1. The zero-order valence-corrected chi connectivity index (χ0v) is 17.2. The molecule has 0 spiro atoms. The van der Waals surface area contributed by atoms with Crippen LogP contribution in [0.3, 0.4) is 0 Å². The second-order valence-corrected chi connectivity index (χ2v) is 7.11. The lowest BCUT2D eigenvalue weighted by atomic mass is 10.2. The first kappa shape index (κ1) is 23.2. The number of aryl methyl sites for hydroxylation is 1. The third-order valence-electron chi connectivity index (χ3n) is 4.43. The molecule has 9 heteroatoms. The van der Waals surface area contributed by atoms with E-state index in [4.69, 9.17) is 4.74 Å². The van der Waals surface area contributed by atoms with Gasteiger partial charge in [0.25, 0.3) is 5.91 Å². The van der Waals surface area contributed by atoms with Crippen LogP contribution in [0.5, 0.6) is 0 Å². The van der Waals surface area contributed by atoms with Crippen LogP contribution >= 0.6 is 24.8 Å². The summed E-state index contributed by atoms with van der Waals surface area (Å²) in [4.78, 5) is 14.6. The van der Waals surface area contributed by atoms with E-state index < -0.39 is 0 Å². The predicted molar refractivity (Wildman–Crippen MR) is 106 cm³/mol. The fraction of sp³-hybridized carbons (Fsp3) is 0.765. The summed E-state index contributed by atoms with van der Waals surface area (Å²) in [6.07, 6.45) is 0.732. The number of fused-ring (bicyclic) bond motifs is 1. The molecule has 2 aliphatic rings. The number of ether oxygens (including phenoxy) is 1. The molecule has 1 saturated heterocycles. The van der Waals surface area contributed by atoms with Gasteiger partial charge in [-0.3, -0.25) is 14.4 Å². The van der Waals surface area contributed by atoms with Crippen LogP contribution in [-0.4, -0.2) is 59.5 Å². The molecule has 0 aliphatic carbocycles. The molecule has 0 bridgehead atoms. The molecule has 26 heavy (non-hydrogen) atoms. The fourth-order valence-electron chi connectivity index (χ4n) is 3.37. The number of rotatable bonds is 5. The van der Waals surface area contributed by atoms with Crippen LogP contribution in [0.1, 0.15) is 31.7 Å². The Kier molecular flexibility index (Phi) is 9.89. The van der Waals surface area contributed by atoms with E-state index in [-0.39, 0.29) is 36.8 Å². The van der Waals surface area contributed by atoms with Gasteiger partial charge in [-0.15, -0.1) is 24.8 Å². The van der Waals surface area contributed by atoms with Crippen molar-refractivity contribution in [3.05, 3.63) is 17.5 Å². The standard InChI is InChI=1S/C17H29N5O2.2ClH/c1-13(2)11-21-5-3-6-22-15(12-21)8-14(20-22)9-19-17(23)16-10-18-4-7-24-16;;/h8,13,16,18H,3-7,9-12H2,1-2H3,(H,19,23);2*1H. The maximum Gasteiger partial charge on any atom is 0.250 e. The molecule has 150 valence electrons. The van der Waals surface area contributed by atoms with Crippen molar-refractivity contribution < 1.29 is 9.53 Å². The monoisotopic (exact) mass is 407 g/mol. The van der Waals surface area contributed by atoms with Gasteiger partial charge in [0.2, 0.25) is 0 Å². The third-order valence-corrected chi connectivity index (χ3v) is 4.43. The van der Waals surface area contributed by atoms with Crippen LogP contribution in [0.25, 0.3) is 0 Å². The highest BCUT2D eigenvalue weighted by molar-refractivity contribution is 5.85. The van der Waals surface area contributed by atoms with Gasteiger partial charge in [-0.1, -0.05) is 13.8 Å². The molecule has 1 unspecified atom stereocenters. The third kappa shape index (κ3) is 6.39. The molecule has 1 fully saturated rings. The van der Waals surface area contributed by atoms with Crippen molar-refractivity contribution in [2.75, 3.05) is 32.8 Å². The zero-order valence-electron chi connectivity index (χ0n) is 15.6. The summed E-state index contributed by atoms with van der Waals surface area (Å²) in [7, 11) is 0. The van der Waals surface area contributed by atoms with Crippen molar-refractivity contribution in [3.63, 3.8) is 0 Å². The minimum atomic E-state index is -0.388. The van der Waals surface area contributed by atoms with E-state index >= 15 is 0 Å². The van der Waals surface area contributed by atoms with E-state index in [1.165, 1.54) is 5.69 Å². The van der Waals surface area contributed by atoms with Crippen LogP contribution < -0.4 is 10.6 Å². The molecule has 2 aliphatic heterocycles. The van der Waals surface area contributed by atoms with Crippen LogP contribution in [0, 0.1) is 5.92 Å². The van der Waals surface area contributed by atoms with E-state index in [2.05, 4.69) is 45.2 Å². The topological polar surface area (TPSA) is 71.4 Å². The van der Waals surface area contributed by atoms with Gasteiger partial charge in [0.15, 0.2) is 0 Å². The van der Waals surface area contributed by atoms with Crippen molar-refractivity contribution in [2.45, 2.75) is 46.0 Å². The number of carbonyl (C=O) groups excluding carboxylic acids is 1. The maximum absolute atomic E-state index is 12.1. The lowest BCUT2D eigenvalue weighted by Crippen LogP contribution is -2.47. The Balaban J connectivity index is 0.00000169. The van der Waals surface area contributed by atoms with Crippen LogP contribution in [0.2, 0.25) is 0 Å². The first-order valence-corrected chi connectivity index (χ1v) is 9.00. The molecule has 0 aromatic carbocycles. The van der Waals surface area contributed by atoms with Gasteiger partial charge < -0.3 is 15.4 Å². The molecule has 7 nitrogen and oxygen atoms in total. The molecule has 0 radical (unpaired) electrons. The lowest BCUT2D eigenvalue weighted by Gasteiger charge is -2.22. The molecule has 1 aromatic rings. The summed E-state index contributed by atoms with van der Waals surface area (Å²) in [6.45, 7) is 11.1. The van der Waals surface area contributed by atoms with Crippen LogP contribution in [0.4, 0.5) is 0 Å². The number of nitrogens with zero attached hydrogens (tertiary/aromatic N) is 3. The quantitative estimate of drug-likeness (QED) is 0.766. The van der Waals surface area contributed by atoms with Gasteiger partial charge >= 0.3 is 0 Å². The number of aromatic nitrogens is 2. The minimum absolute atomic E-state index is 0. The van der Waals surface area contributed by atoms with Gasteiger partial charge in [-0.2, -0.15) is 5.10 Å². The molecule has 3 rings (SSSR count). The average molecular weight is 408 g/mol. The Bertz CT molecular complexity index is 561. The first-order chi connectivity index (χ1) is 11.6. The van der Waals surface area contributed by atoms with Gasteiger partial charge in [-0.25, -0.2) is 0 Å². The normalized spacial score (nSPS) is 20.5. The number of hydrogen-bond donors (Lipinski definition) is 2. The lowest BCUT2D eigenvalue weighted by molar-refractivity contribution is -0.134. The smallest absolute Gasteiger partial charge is 0.250 e. The first-order valence-electron chi connectivity index (χ1n) is 9.00. The Labute approximate surface area is 168 Å². The highest BCUT2D eigenvalue weighted by atomic mass is 35.5. The molecule has 1 aromatic heterocycles. The minimum Gasteiger partial charge on any atom is -0.366 e. The number of hydrogen-bond acceptors (Lipinski definition) is 5. The zero-order chi connectivity index (χ0) is 16.9. The van der Waals surface area contributed by atoms with Crippen molar-refractivity contribution in [1.82, 2.24) is 25.3 Å². The van der Waals surface area contributed by atoms with Crippen LogP contribution in [-0.2, 0) is 29.2 Å². The molecular formula is C17H31Cl2N5O2. The predicted octanol–water partition coefficient (Wildman–Crippen LogP) is 1.19. The number of nitrogens with one attached hydrogen (secondary N) is 2. The Hall–Kier alpha value is -0.860. The van der Waals surface area contributed by atoms with Crippen LogP contribution in [0.15, 0.2) is 6.07 Å². The van der Waals surface area contributed by atoms with Crippen molar-refractivity contribution in [3.8, 4) is 0 Å². The van der Waals surface area contributed by atoms with Gasteiger partial charge in [0, 0.05) is 39.3 Å². The molecule has 3 heterocycles. The Morgan fingerprint density at radius 3 is 2.92 bits per heavy atom. The van der Waals surface area contributed by atoms with Gasteiger partial charge in [-0.05, 0) is 18.4 Å². The van der Waals surface area contributed by atoms with Crippen molar-refractivity contribution in [2.24, 2.45) is 5.92 Å². The van der Waals surface area contributed by atoms with Gasteiger partial charge in [0.05, 0.1) is 24.5 Å². The molecule has 2 N–H and O–H groups in total. The Morgan fingerprint density at radius 2 is 2.23 bits per heavy atom. The summed E-state index contributed by atoms with van der Waals surface area (Å²) >= 11 is 0. The fourth-order valence-corrected chi connectivity index (χ4v) is 3.37. The van der Waals surface area contributed by atoms with E-state index in [1.54, 1.807) is 0 Å². The van der Waals surface area contributed by atoms with E-state index in [9.17, 15) is 4.79 Å². The largest absolute Gasteiger partial charge is 0.366 e. The summed E-state index contributed by atoms with van der Waals surface area (Å²) < 4.78 is 7.57. The Morgan fingerprint density at radius 1 is 1.42 bits per heavy atom. The summed E-state index contributed by atoms with van der Waals surface area (Å²) in [6, 6.07) is 2.12. The molecular weight excluding hydrogens is 377 g/mol. The molecule has 1 amide bonds. The van der Waals surface area contributed by atoms with E-state index in [0.29, 0.717) is 25.6 Å². The summed E-state index contributed by atoms with van der Waals surface area (Å²) in [5, 5.41) is 10.8. The number of morpholine rings is 1. The SMILES string of the molecule is CC(C)CN1CCCn2nc(CNC(=O)C3CNCCO3)cc2C1.Cl.Cl. The average Bonchev–Trinajstić information content (AvgIpc) is 2.85. The molecule has 0 saturated carbocycles. The second kappa shape index (κ2) is 11.1. The number of amides is 1. The van der Waals surface area contributed by atoms with Gasteiger partial charge in [0.1, 0.15) is 6.10 Å². The van der Waals surface area contributed by atoms with Crippen molar-refractivity contribution in [1.29, 1.82) is 0 Å². The summed E-state index contributed by atoms with van der Waals surface area (Å²) in [5.74, 6) is 0.606.